The molecule has 1 aromatic carbocycles. The van der Waals surface area contributed by atoms with Gasteiger partial charge in [0.2, 0.25) is 0 Å². The fraction of sp³-hybridized carbons (Fsp3) is 0.684. The molecule has 0 unspecified atom stereocenters. The molecule has 1 saturated carbocycles. The second kappa shape index (κ2) is 7.31. The zero-order valence-corrected chi connectivity index (χ0v) is 14.2. The summed E-state index contributed by atoms with van der Waals surface area (Å²) in [5.41, 5.74) is 3.00. The van der Waals surface area contributed by atoms with Crippen LogP contribution in [0, 0.1) is 12.8 Å². The van der Waals surface area contributed by atoms with E-state index in [4.69, 9.17) is 4.74 Å². The summed E-state index contributed by atoms with van der Waals surface area (Å²) in [6, 6.07) is 6.64. The van der Waals surface area contributed by atoms with Gasteiger partial charge in [-0.2, -0.15) is 0 Å². The van der Waals surface area contributed by atoms with Gasteiger partial charge in [0.1, 0.15) is 5.75 Å². The van der Waals surface area contributed by atoms with Crippen LogP contribution in [0.5, 0.6) is 5.75 Å². The van der Waals surface area contributed by atoms with Gasteiger partial charge in [-0.15, -0.1) is 0 Å². The van der Waals surface area contributed by atoms with Gasteiger partial charge in [0.05, 0.1) is 7.11 Å². The Morgan fingerprint density at radius 2 is 1.90 bits per heavy atom. The fourth-order valence-corrected chi connectivity index (χ4v) is 3.61. The monoisotopic (exact) mass is 289 g/mol. The molecule has 1 N–H and O–H groups in total. The molecule has 118 valence electrons. The first kappa shape index (κ1) is 16.4. The van der Waals surface area contributed by atoms with Crippen molar-refractivity contribution in [3.63, 3.8) is 0 Å². The van der Waals surface area contributed by atoms with Gasteiger partial charge in [0.25, 0.3) is 0 Å². The van der Waals surface area contributed by atoms with Crippen molar-refractivity contribution in [3.05, 3.63) is 29.3 Å². The van der Waals surface area contributed by atoms with Crippen LogP contribution in [0.1, 0.15) is 57.1 Å². The lowest BCUT2D eigenvalue weighted by molar-refractivity contribution is 0.266. The smallest absolute Gasteiger partial charge is 0.122 e. The van der Waals surface area contributed by atoms with Crippen molar-refractivity contribution in [1.82, 2.24) is 5.32 Å². The Hall–Kier alpha value is -1.02. The maximum absolute atomic E-state index is 5.68. The highest BCUT2D eigenvalue weighted by atomic mass is 16.5. The first-order valence-corrected chi connectivity index (χ1v) is 8.43. The third-order valence-electron chi connectivity index (χ3n) is 4.75. The predicted molar refractivity (Wildman–Crippen MR) is 90.2 cm³/mol. The molecule has 0 heterocycles. The van der Waals surface area contributed by atoms with E-state index in [1.165, 1.54) is 43.2 Å². The number of benzene rings is 1. The molecule has 0 amide bonds. The van der Waals surface area contributed by atoms with E-state index in [1.54, 1.807) is 7.11 Å². The Bertz CT molecular complexity index is 447. The number of nitrogens with one attached hydrogen (secondary N) is 1. The van der Waals surface area contributed by atoms with Crippen LogP contribution in [0.3, 0.4) is 0 Å². The molecule has 0 bridgehead atoms. The molecule has 0 radical (unpaired) electrons. The van der Waals surface area contributed by atoms with Gasteiger partial charge in [-0.05, 0) is 38.3 Å². The summed E-state index contributed by atoms with van der Waals surface area (Å²) in [4.78, 5) is 0. The SMILES string of the molecule is COc1ccc(C)cc1C1(CNCC(C)C)CCCCC1. The third kappa shape index (κ3) is 4.00. The summed E-state index contributed by atoms with van der Waals surface area (Å²) in [7, 11) is 1.80. The van der Waals surface area contributed by atoms with Gasteiger partial charge in [-0.25, -0.2) is 0 Å². The number of aryl methyl sites for hydroxylation is 1. The highest BCUT2D eigenvalue weighted by Crippen LogP contribution is 2.43. The van der Waals surface area contributed by atoms with Crippen LogP contribution in [-0.4, -0.2) is 20.2 Å². The Balaban J connectivity index is 2.28. The lowest BCUT2D eigenvalue weighted by atomic mass is 9.68. The van der Waals surface area contributed by atoms with Crippen molar-refractivity contribution < 1.29 is 4.74 Å². The minimum Gasteiger partial charge on any atom is -0.496 e. The van der Waals surface area contributed by atoms with Crippen molar-refractivity contribution in [3.8, 4) is 5.75 Å². The molecule has 0 aliphatic heterocycles. The average Bonchev–Trinajstić information content (AvgIpc) is 2.48. The molecule has 0 saturated heterocycles. The second-order valence-electron chi connectivity index (χ2n) is 7.07. The number of ether oxygens (including phenoxy) is 1. The average molecular weight is 289 g/mol. The minimum absolute atomic E-state index is 0.254. The molecule has 2 rings (SSSR count). The second-order valence-corrected chi connectivity index (χ2v) is 7.07. The molecule has 1 fully saturated rings. The Kier molecular flexibility index (Phi) is 5.69. The highest BCUT2D eigenvalue weighted by Gasteiger charge is 2.35. The topological polar surface area (TPSA) is 21.3 Å². The maximum Gasteiger partial charge on any atom is 0.122 e. The zero-order chi connectivity index (χ0) is 15.3. The van der Waals surface area contributed by atoms with Crippen LogP contribution in [0.15, 0.2) is 18.2 Å². The molecule has 1 aromatic rings. The first-order valence-electron chi connectivity index (χ1n) is 8.43. The molecular weight excluding hydrogens is 258 g/mol. The summed E-state index contributed by atoms with van der Waals surface area (Å²) in [5.74, 6) is 1.76. The lowest BCUT2D eigenvalue weighted by Gasteiger charge is -2.39. The summed E-state index contributed by atoms with van der Waals surface area (Å²) in [6.45, 7) is 8.89. The molecule has 0 atom stereocenters. The molecule has 0 spiro atoms. The highest BCUT2D eigenvalue weighted by molar-refractivity contribution is 5.43. The first-order chi connectivity index (χ1) is 10.1. The zero-order valence-electron chi connectivity index (χ0n) is 14.2. The molecule has 2 heteroatoms. The number of hydrogen-bond donors (Lipinski definition) is 1. The summed E-state index contributed by atoms with van der Waals surface area (Å²) in [5, 5.41) is 3.71. The van der Waals surface area contributed by atoms with Crippen LogP contribution >= 0.6 is 0 Å². The number of hydrogen-bond acceptors (Lipinski definition) is 2. The summed E-state index contributed by atoms with van der Waals surface area (Å²) >= 11 is 0. The minimum atomic E-state index is 0.254. The van der Waals surface area contributed by atoms with Crippen LogP contribution in [-0.2, 0) is 5.41 Å². The van der Waals surface area contributed by atoms with Crippen LogP contribution in [0.4, 0.5) is 0 Å². The summed E-state index contributed by atoms with van der Waals surface area (Å²) in [6.07, 6.45) is 6.59. The van der Waals surface area contributed by atoms with Crippen LogP contribution in [0.2, 0.25) is 0 Å². The van der Waals surface area contributed by atoms with E-state index in [1.807, 2.05) is 0 Å². The van der Waals surface area contributed by atoms with E-state index in [0.29, 0.717) is 5.92 Å². The summed E-state index contributed by atoms with van der Waals surface area (Å²) < 4.78 is 5.68. The molecule has 21 heavy (non-hydrogen) atoms. The largest absolute Gasteiger partial charge is 0.496 e. The van der Waals surface area contributed by atoms with Crippen molar-refractivity contribution in [1.29, 1.82) is 0 Å². The van der Waals surface area contributed by atoms with Crippen molar-refractivity contribution in [2.24, 2.45) is 5.92 Å². The van der Waals surface area contributed by atoms with Gasteiger partial charge in [0.15, 0.2) is 0 Å². The van der Waals surface area contributed by atoms with Crippen molar-refractivity contribution in [2.75, 3.05) is 20.2 Å². The number of methoxy groups -OCH3 is 1. The standard InChI is InChI=1S/C19H31NO/c1-15(2)13-20-14-19(10-6-5-7-11-19)17-12-16(3)8-9-18(17)21-4/h8-9,12,15,20H,5-7,10-11,13-14H2,1-4H3. The van der Waals surface area contributed by atoms with Crippen LogP contribution < -0.4 is 10.1 Å². The van der Waals surface area contributed by atoms with Gasteiger partial charge in [-0.3, -0.25) is 0 Å². The van der Waals surface area contributed by atoms with E-state index in [0.717, 1.165) is 18.8 Å². The quantitative estimate of drug-likeness (QED) is 0.835. The van der Waals surface area contributed by atoms with Gasteiger partial charge in [0, 0.05) is 17.5 Å². The molecule has 0 aromatic heterocycles. The van der Waals surface area contributed by atoms with E-state index in [2.05, 4.69) is 44.3 Å². The predicted octanol–water partition coefficient (Wildman–Crippen LogP) is 4.45. The third-order valence-corrected chi connectivity index (χ3v) is 4.75. The maximum atomic E-state index is 5.68. The Labute approximate surface area is 130 Å². The molecule has 2 nitrogen and oxygen atoms in total. The molecule has 1 aliphatic carbocycles. The number of rotatable bonds is 6. The lowest BCUT2D eigenvalue weighted by Crippen LogP contribution is -2.41. The van der Waals surface area contributed by atoms with Crippen molar-refractivity contribution in [2.45, 2.75) is 58.3 Å². The van der Waals surface area contributed by atoms with Crippen LogP contribution in [0.25, 0.3) is 0 Å². The van der Waals surface area contributed by atoms with E-state index >= 15 is 0 Å². The normalized spacial score (nSPS) is 18.0. The Morgan fingerprint density at radius 1 is 1.19 bits per heavy atom. The fourth-order valence-electron chi connectivity index (χ4n) is 3.61. The van der Waals surface area contributed by atoms with E-state index < -0.39 is 0 Å². The van der Waals surface area contributed by atoms with Gasteiger partial charge in [-0.1, -0.05) is 50.8 Å². The Morgan fingerprint density at radius 3 is 2.52 bits per heavy atom. The van der Waals surface area contributed by atoms with E-state index in [9.17, 15) is 0 Å². The van der Waals surface area contributed by atoms with Gasteiger partial charge >= 0.3 is 0 Å². The molecular formula is C19H31NO. The molecule has 1 aliphatic rings. The van der Waals surface area contributed by atoms with Crippen molar-refractivity contribution >= 4 is 0 Å². The van der Waals surface area contributed by atoms with Gasteiger partial charge < -0.3 is 10.1 Å². The van der Waals surface area contributed by atoms with E-state index in [-0.39, 0.29) is 5.41 Å².